The highest BCUT2D eigenvalue weighted by Gasteiger charge is 2.09. The number of hydrogen-bond donors (Lipinski definition) is 2. The molecule has 1 atom stereocenters. The van der Waals surface area contributed by atoms with Crippen molar-refractivity contribution in [3.05, 3.63) is 29.6 Å². The van der Waals surface area contributed by atoms with Crippen LogP contribution in [-0.2, 0) is 11.3 Å². The van der Waals surface area contributed by atoms with Crippen molar-refractivity contribution >= 4 is 6.09 Å². The van der Waals surface area contributed by atoms with Crippen LogP contribution in [0.3, 0.4) is 0 Å². The van der Waals surface area contributed by atoms with Gasteiger partial charge in [0.2, 0.25) is 0 Å². The molecule has 0 saturated heterocycles. The van der Waals surface area contributed by atoms with Crippen LogP contribution >= 0.6 is 0 Å². The zero-order valence-electron chi connectivity index (χ0n) is 10.1. The minimum Gasteiger partial charge on any atom is -0.493 e. The first-order valence-electron chi connectivity index (χ1n) is 5.47. The largest absolute Gasteiger partial charge is 0.493 e. The molecule has 18 heavy (non-hydrogen) atoms. The lowest BCUT2D eigenvalue weighted by Gasteiger charge is -2.14. The van der Waals surface area contributed by atoms with Gasteiger partial charge in [-0.1, -0.05) is 6.92 Å². The second-order valence-electron chi connectivity index (χ2n) is 3.96. The van der Waals surface area contributed by atoms with Crippen molar-refractivity contribution < 1.29 is 23.8 Å². The van der Waals surface area contributed by atoms with E-state index >= 15 is 0 Å². The van der Waals surface area contributed by atoms with E-state index in [1.165, 1.54) is 18.2 Å². The second-order valence-corrected chi connectivity index (χ2v) is 3.96. The zero-order chi connectivity index (χ0) is 13.5. The lowest BCUT2D eigenvalue weighted by atomic mass is 10.2. The Morgan fingerprint density at radius 1 is 1.50 bits per heavy atom. The molecule has 0 aliphatic carbocycles. The summed E-state index contributed by atoms with van der Waals surface area (Å²) in [7, 11) is 0. The zero-order valence-corrected chi connectivity index (χ0v) is 10.1. The van der Waals surface area contributed by atoms with Crippen molar-refractivity contribution in [3.63, 3.8) is 0 Å². The van der Waals surface area contributed by atoms with Crippen LogP contribution in [0, 0.1) is 11.7 Å². The van der Waals surface area contributed by atoms with Gasteiger partial charge < -0.3 is 20.3 Å². The summed E-state index contributed by atoms with van der Waals surface area (Å²) in [5, 5.41) is 9.05. The summed E-state index contributed by atoms with van der Waals surface area (Å²) in [6.07, 6.45) is -0.834. The SMILES string of the molecule is CC(COC(N)=O)COc1ccc(F)cc1CO. The number of rotatable bonds is 6. The summed E-state index contributed by atoms with van der Waals surface area (Å²) in [4.78, 5) is 10.4. The molecule has 3 N–H and O–H groups in total. The van der Waals surface area contributed by atoms with Gasteiger partial charge in [-0.15, -0.1) is 0 Å². The topological polar surface area (TPSA) is 81.8 Å². The molecular weight excluding hydrogens is 241 g/mol. The van der Waals surface area contributed by atoms with Crippen LogP contribution in [0.15, 0.2) is 18.2 Å². The lowest BCUT2D eigenvalue weighted by Crippen LogP contribution is -2.21. The van der Waals surface area contributed by atoms with E-state index in [0.717, 1.165) is 0 Å². The highest BCUT2D eigenvalue weighted by atomic mass is 19.1. The number of aliphatic hydroxyl groups is 1. The van der Waals surface area contributed by atoms with Crippen molar-refractivity contribution in [1.82, 2.24) is 0 Å². The van der Waals surface area contributed by atoms with E-state index in [4.69, 9.17) is 15.6 Å². The molecule has 1 unspecified atom stereocenters. The molecule has 0 radical (unpaired) electrons. The quantitative estimate of drug-likeness (QED) is 0.807. The Labute approximate surface area is 104 Å². The number of benzene rings is 1. The summed E-state index contributed by atoms with van der Waals surface area (Å²) in [6.45, 7) is 1.92. The molecule has 0 bridgehead atoms. The van der Waals surface area contributed by atoms with Crippen molar-refractivity contribution in [2.75, 3.05) is 13.2 Å². The van der Waals surface area contributed by atoms with Crippen LogP contribution < -0.4 is 10.5 Å². The Hall–Kier alpha value is -1.82. The number of amides is 1. The molecule has 5 nitrogen and oxygen atoms in total. The molecule has 0 spiro atoms. The molecular formula is C12H16FNO4. The summed E-state index contributed by atoms with van der Waals surface area (Å²) < 4.78 is 22.9. The molecule has 0 heterocycles. The number of carbonyl (C=O) groups is 1. The van der Waals surface area contributed by atoms with E-state index in [-0.39, 0.29) is 25.7 Å². The molecule has 6 heteroatoms. The number of halogens is 1. The highest BCUT2D eigenvalue weighted by Crippen LogP contribution is 2.20. The van der Waals surface area contributed by atoms with E-state index < -0.39 is 11.9 Å². The van der Waals surface area contributed by atoms with Gasteiger partial charge in [0.1, 0.15) is 11.6 Å². The van der Waals surface area contributed by atoms with Crippen LogP contribution in [0.25, 0.3) is 0 Å². The number of hydrogen-bond acceptors (Lipinski definition) is 4. The van der Waals surface area contributed by atoms with Gasteiger partial charge in [0, 0.05) is 11.5 Å². The Bertz CT molecular complexity index is 411. The summed E-state index contributed by atoms with van der Waals surface area (Å²) in [5.41, 5.74) is 5.21. The third kappa shape index (κ3) is 4.58. The summed E-state index contributed by atoms with van der Waals surface area (Å²) in [6, 6.07) is 3.90. The smallest absolute Gasteiger partial charge is 0.404 e. The normalized spacial score (nSPS) is 11.9. The standard InChI is InChI=1S/C12H16FNO4/c1-8(7-18-12(14)16)6-17-11-3-2-10(13)4-9(11)5-15/h2-4,8,15H,5-7H2,1H3,(H2,14,16). The second kappa shape index (κ2) is 6.80. The lowest BCUT2D eigenvalue weighted by molar-refractivity contribution is 0.121. The van der Waals surface area contributed by atoms with Crippen molar-refractivity contribution in [1.29, 1.82) is 0 Å². The van der Waals surface area contributed by atoms with Gasteiger partial charge in [0.25, 0.3) is 0 Å². The van der Waals surface area contributed by atoms with Gasteiger partial charge in [-0.2, -0.15) is 0 Å². The number of primary amides is 1. The Morgan fingerprint density at radius 2 is 2.22 bits per heavy atom. The van der Waals surface area contributed by atoms with E-state index in [0.29, 0.717) is 11.3 Å². The predicted octanol–water partition coefficient (Wildman–Crippen LogP) is 1.43. The average molecular weight is 257 g/mol. The molecule has 100 valence electrons. The fourth-order valence-electron chi connectivity index (χ4n) is 1.32. The molecule has 1 amide bonds. The van der Waals surface area contributed by atoms with Gasteiger partial charge in [0.05, 0.1) is 19.8 Å². The Morgan fingerprint density at radius 3 is 2.83 bits per heavy atom. The van der Waals surface area contributed by atoms with Crippen LogP contribution in [-0.4, -0.2) is 24.4 Å². The molecule has 0 aromatic heterocycles. The fourth-order valence-corrected chi connectivity index (χ4v) is 1.32. The van der Waals surface area contributed by atoms with Gasteiger partial charge in [-0.05, 0) is 18.2 Å². The van der Waals surface area contributed by atoms with Gasteiger partial charge in [-0.3, -0.25) is 0 Å². The first kappa shape index (κ1) is 14.2. The van der Waals surface area contributed by atoms with Gasteiger partial charge in [0.15, 0.2) is 0 Å². The predicted molar refractivity (Wildman–Crippen MR) is 62.5 cm³/mol. The first-order valence-corrected chi connectivity index (χ1v) is 5.47. The average Bonchev–Trinajstić information content (AvgIpc) is 2.34. The van der Waals surface area contributed by atoms with Gasteiger partial charge in [-0.25, -0.2) is 9.18 Å². The fraction of sp³-hybridized carbons (Fsp3) is 0.417. The maximum absolute atomic E-state index is 12.9. The molecule has 1 aromatic carbocycles. The number of ether oxygens (including phenoxy) is 2. The first-order chi connectivity index (χ1) is 8.52. The van der Waals surface area contributed by atoms with E-state index in [1.807, 2.05) is 6.92 Å². The third-order valence-corrected chi connectivity index (χ3v) is 2.23. The van der Waals surface area contributed by atoms with Crippen LogP contribution in [0.4, 0.5) is 9.18 Å². The maximum atomic E-state index is 12.9. The number of aliphatic hydroxyl groups excluding tert-OH is 1. The van der Waals surface area contributed by atoms with E-state index in [9.17, 15) is 9.18 Å². The molecule has 0 fully saturated rings. The van der Waals surface area contributed by atoms with Crippen molar-refractivity contribution in [2.45, 2.75) is 13.5 Å². The molecule has 1 aromatic rings. The van der Waals surface area contributed by atoms with Crippen LogP contribution in [0.1, 0.15) is 12.5 Å². The van der Waals surface area contributed by atoms with Crippen LogP contribution in [0.5, 0.6) is 5.75 Å². The maximum Gasteiger partial charge on any atom is 0.404 e. The van der Waals surface area contributed by atoms with Gasteiger partial charge >= 0.3 is 6.09 Å². The van der Waals surface area contributed by atoms with E-state index in [1.54, 1.807) is 0 Å². The van der Waals surface area contributed by atoms with Crippen molar-refractivity contribution in [2.24, 2.45) is 11.7 Å². The molecule has 0 saturated carbocycles. The monoisotopic (exact) mass is 257 g/mol. The third-order valence-electron chi connectivity index (χ3n) is 2.23. The van der Waals surface area contributed by atoms with Crippen molar-refractivity contribution in [3.8, 4) is 5.75 Å². The molecule has 0 aliphatic heterocycles. The summed E-state index contributed by atoms with van der Waals surface area (Å²) in [5.74, 6) is -0.0876. The Kier molecular flexibility index (Phi) is 5.38. The number of carbonyl (C=O) groups excluding carboxylic acids is 1. The van der Waals surface area contributed by atoms with E-state index in [2.05, 4.69) is 4.74 Å². The Balaban J connectivity index is 2.50. The van der Waals surface area contributed by atoms with Crippen LogP contribution in [0.2, 0.25) is 0 Å². The molecule has 1 rings (SSSR count). The molecule has 0 aliphatic rings. The highest BCUT2D eigenvalue weighted by molar-refractivity contribution is 5.64. The number of nitrogens with two attached hydrogens (primary N) is 1. The summed E-state index contributed by atoms with van der Waals surface area (Å²) >= 11 is 0. The minimum atomic E-state index is -0.834. The minimum absolute atomic E-state index is 0.0610.